The Bertz CT molecular complexity index is 555. The van der Waals surface area contributed by atoms with Crippen molar-refractivity contribution in [3.05, 3.63) is 24.0 Å². The van der Waals surface area contributed by atoms with Crippen molar-refractivity contribution in [1.29, 1.82) is 0 Å². The van der Waals surface area contributed by atoms with E-state index >= 15 is 0 Å². The van der Waals surface area contributed by atoms with Gasteiger partial charge < -0.3 is 10.4 Å². The number of carbonyl (C=O) groups is 1. The van der Waals surface area contributed by atoms with Crippen LogP contribution in [0.3, 0.4) is 0 Å². The van der Waals surface area contributed by atoms with Gasteiger partial charge in [0.25, 0.3) is 0 Å². The lowest BCUT2D eigenvalue weighted by Crippen LogP contribution is -2.40. The first-order valence-electron chi connectivity index (χ1n) is 4.43. The number of halogens is 1. The van der Waals surface area contributed by atoms with E-state index in [1.807, 2.05) is 0 Å². The minimum absolute atomic E-state index is 0.212. The summed E-state index contributed by atoms with van der Waals surface area (Å²) in [6.07, 6.45) is 0. The molecule has 16 heavy (non-hydrogen) atoms. The van der Waals surface area contributed by atoms with E-state index in [1.54, 1.807) is 0 Å². The Kier molecular flexibility index (Phi) is 2.34. The number of carboxylic acids is 1. The van der Waals surface area contributed by atoms with Crippen LogP contribution in [0.25, 0.3) is 0 Å². The molecule has 86 valence electrons. The first-order chi connectivity index (χ1) is 7.43. The van der Waals surface area contributed by atoms with Crippen LogP contribution in [0, 0.1) is 5.82 Å². The second-order valence-electron chi connectivity index (χ2n) is 3.39. The molecule has 0 bridgehead atoms. The minimum atomic E-state index is -4.01. The molecule has 2 rings (SSSR count). The Balaban J connectivity index is 2.62. The average Bonchev–Trinajstić information content (AvgIpc) is 2.18. The van der Waals surface area contributed by atoms with Crippen molar-refractivity contribution in [2.45, 2.75) is 10.1 Å². The van der Waals surface area contributed by atoms with Crippen LogP contribution in [0.4, 0.5) is 10.1 Å². The number of nitrogens with one attached hydrogen (secondary N) is 1. The Morgan fingerprint density at radius 1 is 1.50 bits per heavy atom. The first kappa shape index (κ1) is 10.9. The summed E-state index contributed by atoms with van der Waals surface area (Å²) in [7, 11) is -4.01. The molecule has 1 aromatic rings. The largest absolute Gasteiger partial charge is 0.480 e. The molecule has 1 heterocycles. The van der Waals surface area contributed by atoms with Crippen LogP contribution < -0.4 is 5.32 Å². The smallest absolute Gasteiger partial charge is 0.324 e. The van der Waals surface area contributed by atoms with E-state index in [1.165, 1.54) is 6.07 Å². The van der Waals surface area contributed by atoms with Crippen LogP contribution in [0.1, 0.15) is 0 Å². The number of hydrogen-bond donors (Lipinski definition) is 2. The normalized spacial score (nSPS) is 21.9. The summed E-state index contributed by atoms with van der Waals surface area (Å²) in [5, 5.41) is 9.84. The molecule has 0 saturated heterocycles. The fourth-order valence-electron chi connectivity index (χ4n) is 1.56. The Hall–Kier alpha value is -1.63. The molecule has 0 aromatic heterocycles. The van der Waals surface area contributed by atoms with Gasteiger partial charge in [0.2, 0.25) is 0 Å². The number of benzene rings is 1. The van der Waals surface area contributed by atoms with Crippen molar-refractivity contribution in [3.8, 4) is 0 Å². The van der Waals surface area contributed by atoms with Gasteiger partial charge in [-0.1, -0.05) is 0 Å². The third-order valence-electron chi connectivity index (χ3n) is 2.38. The van der Waals surface area contributed by atoms with Gasteiger partial charge in [-0.3, -0.25) is 4.79 Å². The predicted molar refractivity (Wildman–Crippen MR) is 53.5 cm³/mol. The van der Waals surface area contributed by atoms with Crippen molar-refractivity contribution in [1.82, 2.24) is 0 Å². The fourth-order valence-corrected chi connectivity index (χ4v) is 3.16. The highest BCUT2D eigenvalue weighted by Gasteiger charge is 2.39. The molecule has 5 nitrogen and oxygen atoms in total. The summed E-state index contributed by atoms with van der Waals surface area (Å²) >= 11 is 0. The van der Waals surface area contributed by atoms with Gasteiger partial charge in [-0.2, -0.15) is 0 Å². The van der Waals surface area contributed by atoms with Crippen LogP contribution in [-0.2, 0) is 14.6 Å². The molecule has 1 aliphatic rings. The summed E-state index contributed by atoms with van der Waals surface area (Å²) in [6, 6.07) is 3.22. The minimum Gasteiger partial charge on any atom is -0.480 e. The van der Waals surface area contributed by atoms with Crippen molar-refractivity contribution in [2.24, 2.45) is 0 Å². The average molecular weight is 245 g/mol. The Morgan fingerprint density at radius 2 is 2.19 bits per heavy atom. The highest BCUT2D eigenvalue weighted by Crippen LogP contribution is 2.30. The molecule has 0 radical (unpaired) electrons. The second-order valence-corrected chi connectivity index (χ2v) is 5.49. The van der Waals surface area contributed by atoms with Crippen LogP contribution >= 0.6 is 0 Å². The second kappa shape index (κ2) is 3.44. The fraction of sp³-hybridized carbons (Fsp3) is 0.222. The SMILES string of the molecule is O=C(O)C1CNc2ccc(F)cc2S1(=O)=O. The van der Waals surface area contributed by atoms with Crippen molar-refractivity contribution < 1.29 is 22.7 Å². The standard InChI is InChI=1S/C9H8FNO4S/c10-5-1-2-6-7(3-5)16(14,15)8(4-11-6)9(12)13/h1-3,8,11H,4H2,(H,12,13). The molecular formula is C9H8FNO4S. The van der Waals surface area contributed by atoms with Gasteiger partial charge >= 0.3 is 5.97 Å². The Morgan fingerprint density at radius 3 is 2.81 bits per heavy atom. The summed E-state index contributed by atoms with van der Waals surface area (Å²) < 4.78 is 36.5. The molecule has 0 spiro atoms. The van der Waals surface area contributed by atoms with Crippen molar-refractivity contribution >= 4 is 21.5 Å². The Labute approximate surface area is 90.8 Å². The third-order valence-corrected chi connectivity index (χ3v) is 4.45. The zero-order valence-electron chi connectivity index (χ0n) is 7.97. The zero-order valence-corrected chi connectivity index (χ0v) is 8.79. The number of sulfone groups is 1. The monoisotopic (exact) mass is 245 g/mol. The molecule has 1 atom stereocenters. The summed E-state index contributed by atoms with van der Waals surface area (Å²) in [4.78, 5) is 10.5. The van der Waals surface area contributed by atoms with E-state index in [-0.39, 0.29) is 17.1 Å². The highest BCUT2D eigenvalue weighted by molar-refractivity contribution is 7.93. The topological polar surface area (TPSA) is 83.5 Å². The van der Waals surface area contributed by atoms with Gasteiger partial charge in [-0.15, -0.1) is 0 Å². The highest BCUT2D eigenvalue weighted by atomic mass is 32.2. The molecule has 1 aliphatic heterocycles. The van der Waals surface area contributed by atoms with Gasteiger partial charge in [-0.25, -0.2) is 12.8 Å². The lowest BCUT2D eigenvalue weighted by molar-refractivity contribution is -0.136. The van der Waals surface area contributed by atoms with Crippen LogP contribution in [0.15, 0.2) is 23.1 Å². The van der Waals surface area contributed by atoms with Gasteiger partial charge in [-0.05, 0) is 18.2 Å². The van der Waals surface area contributed by atoms with E-state index in [0.29, 0.717) is 0 Å². The maximum Gasteiger partial charge on any atom is 0.324 e. The number of fused-ring (bicyclic) bond motifs is 1. The van der Waals surface area contributed by atoms with E-state index in [4.69, 9.17) is 5.11 Å². The molecule has 0 aliphatic carbocycles. The number of aliphatic carboxylic acids is 1. The number of rotatable bonds is 1. The molecule has 1 unspecified atom stereocenters. The maximum atomic E-state index is 12.9. The van der Waals surface area contributed by atoms with Crippen molar-refractivity contribution in [3.63, 3.8) is 0 Å². The van der Waals surface area contributed by atoms with Crippen LogP contribution in [0.2, 0.25) is 0 Å². The maximum absolute atomic E-state index is 12.9. The van der Waals surface area contributed by atoms with Crippen LogP contribution in [-0.4, -0.2) is 31.3 Å². The van der Waals surface area contributed by atoms with Gasteiger partial charge in [0.15, 0.2) is 15.1 Å². The number of hydrogen-bond acceptors (Lipinski definition) is 4. The quantitative estimate of drug-likeness (QED) is 0.751. The van der Waals surface area contributed by atoms with E-state index < -0.39 is 26.9 Å². The molecule has 2 N–H and O–H groups in total. The lowest BCUT2D eigenvalue weighted by atomic mass is 10.3. The summed E-state index contributed by atoms with van der Waals surface area (Å²) in [5.74, 6) is -2.16. The lowest BCUT2D eigenvalue weighted by Gasteiger charge is -2.23. The molecule has 7 heteroatoms. The molecule has 1 aromatic carbocycles. The van der Waals surface area contributed by atoms with Crippen molar-refractivity contribution in [2.75, 3.05) is 11.9 Å². The molecule has 0 amide bonds. The van der Waals surface area contributed by atoms with Gasteiger partial charge in [0, 0.05) is 6.54 Å². The molecule has 0 fully saturated rings. The number of carboxylic acid groups (broad SMARTS) is 1. The summed E-state index contributed by atoms with van der Waals surface area (Å²) in [6.45, 7) is -0.212. The van der Waals surface area contributed by atoms with E-state index in [2.05, 4.69) is 5.32 Å². The first-order valence-corrected chi connectivity index (χ1v) is 5.97. The molecular weight excluding hydrogens is 237 g/mol. The predicted octanol–water partition coefficient (Wildman–Crippen LogP) is 0.478. The third kappa shape index (κ3) is 1.53. The zero-order chi connectivity index (χ0) is 11.9. The van der Waals surface area contributed by atoms with Gasteiger partial charge in [0.1, 0.15) is 5.82 Å². The summed E-state index contributed by atoms with van der Waals surface area (Å²) in [5.41, 5.74) is 0.235. The van der Waals surface area contributed by atoms with Crippen LogP contribution in [0.5, 0.6) is 0 Å². The van der Waals surface area contributed by atoms with Gasteiger partial charge in [0.05, 0.1) is 10.6 Å². The van der Waals surface area contributed by atoms with E-state index in [9.17, 15) is 17.6 Å². The number of anilines is 1. The molecule has 0 saturated carbocycles. The van der Waals surface area contributed by atoms with E-state index in [0.717, 1.165) is 12.1 Å².